The summed E-state index contributed by atoms with van der Waals surface area (Å²) < 4.78 is 17.1. The molecule has 4 rings (SSSR count). The Balaban J connectivity index is 1.30. The molecule has 228 valence electrons. The Morgan fingerprint density at radius 1 is 0.977 bits per heavy atom. The number of likely N-dealkylation sites (tertiary alicyclic amines) is 1. The van der Waals surface area contributed by atoms with Crippen molar-refractivity contribution in [2.45, 2.75) is 57.5 Å². The van der Waals surface area contributed by atoms with E-state index in [0.717, 1.165) is 24.0 Å². The molecule has 3 aromatic carbocycles. The fraction of sp³-hybridized carbons (Fsp3) is 0.364. The highest BCUT2D eigenvalue weighted by Crippen LogP contribution is 2.27. The molecule has 0 radical (unpaired) electrons. The van der Waals surface area contributed by atoms with Crippen molar-refractivity contribution < 1.29 is 28.6 Å². The molecular formula is C33H40N4O6. The fourth-order valence-electron chi connectivity index (χ4n) is 4.70. The van der Waals surface area contributed by atoms with Gasteiger partial charge >= 0.3 is 12.1 Å². The average Bonchev–Trinajstić information content (AvgIpc) is 3.00. The third kappa shape index (κ3) is 9.29. The van der Waals surface area contributed by atoms with Crippen molar-refractivity contribution in [3.05, 3.63) is 102 Å². The van der Waals surface area contributed by atoms with Crippen LogP contribution >= 0.6 is 0 Å². The first-order valence-corrected chi connectivity index (χ1v) is 14.3. The van der Waals surface area contributed by atoms with Crippen molar-refractivity contribution in [3.8, 4) is 5.75 Å². The van der Waals surface area contributed by atoms with E-state index >= 15 is 0 Å². The second-order valence-electron chi connectivity index (χ2n) is 11.4. The number of rotatable bonds is 10. The van der Waals surface area contributed by atoms with Gasteiger partial charge in [-0.15, -0.1) is 0 Å². The number of hydrogen-bond donors (Lipinski definition) is 3. The molecule has 1 aliphatic rings. The van der Waals surface area contributed by atoms with Gasteiger partial charge in [-0.05, 0) is 69.0 Å². The summed E-state index contributed by atoms with van der Waals surface area (Å²) in [5, 5.41) is 11.7. The molecule has 2 atom stereocenters. The second-order valence-corrected chi connectivity index (χ2v) is 11.4. The summed E-state index contributed by atoms with van der Waals surface area (Å²) in [6.07, 6.45) is -0.471. The van der Waals surface area contributed by atoms with E-state index in [9.17, 15) is 9.59 Å². The molecule has 10 heteroatoms. The Morgan fingerprint density at radius 2 is 1.58 bits per heavy atom. The number of nitrogens with zero attached hydrogens (tertiary/aromatic N) is 1. The molecule has 1 amide bonds. The van der Waals surface area contributed by atoms with E-state index in [1.54, 1.807) is 29.2 Å². The highest BCUT2D eigenvalue weighted by molar-refractivity contribution is 5.96. The van der Waals surface area contributed by atoms with Gasteiger partial charge in [-0.1, -0.05) is 60.7 Å². The van der Waals surface area contributed by atoms with Gasteiger partial charge in [-0.25, -0.2) is 15.5 Å². The van der Waals surface area contributed by atoms with E-state index in [1.165, 1.54) is 0 Å². The smallest absolute Gasteiger partial charge is 0.410 e. The minimum absolute atomic E-state index is 0.0613. The van der Waals surface area contributed by atoms with Gasteiger partial charge in [-0.2, -0.15) is 0 Å². The lowest BCUT2D eigenvalue weighted by atomic mass is 10.0. The summed E-state index contributed by atoms with van der Waals surface area (Å²) in [7, 11) is 0. The number of carbonyl (C=O) groups is 2. The first-order valence-electron chi connectivity index (χ1n) is 14.3. The molecule has 1 fully saturated rings. The quantitative estimate of drug-likeness (QED) is 0.131. The van der Waals surface area contributed by atoms with Crippen LogP contribution < -0.4 is 16.0 Å². The number of carbonyl (C=O) groups excluding carboxylic acids is 2. The average molecular weight is 589 g/mol. The van der Waals surface area contributed by atoms with Gasteiger partial charge in [0, 0.05) is 24.7 Å². The predicted octanol–water partition coefficient (Wildman–Crippen LogP) is 4.97. The van der Waals surface area contributed by atoms with Crippen LogP contribution in [0.5, 0.6) is 5.75 Å². The number of esters is 1. The summed E-state index contributed by atoms with van der Waals surface area (Å²) >= 11 is 0. The van der Waals surface area contributed by atoms with Crippen LogP contribution in [0.15, 0.2) is 84.9 Å². The molecule has 0 aromatic heterocycles. The lowest BCUT2D eigenvalue weighted by Crippen LogP contribution is -2.50. The van der Waals surface area contributed by atoms with Crippen molar-refractivity contribution >= 4 is 17.9 Å². The van der Waals surface area contributed by atoms with Gasteiger partial charge < -0.3 is 24.4 Å². The van der Waals surface area contributed by atoms with Gasteiger partial charge in [0.05, 0.1) is 0 Å². The van der Waals surface area contributed by atoms with Crippen LogP contribution in [-0.4, -0.2) is 60.2 Å². The van der Waals surface area contributed by atoms with Crippen molar-refractivity contribution in [2.75, 3.05) is 19.7 Å². The lowest BCUT2D eigenvalue weighted by molar-refractivity contribution is -0.163. The normalized spacial score (nSPS) is 15.8. The van der Waals surface area contributed by atoms with Crippen LogP contribution in [0.3, 0.4) is 0 Å². The number of amides is 1. The Bertz CT molecular complexity index is 1310. The number of amidine groups is 1. The third-order valence-electron chi connectivity index (χ3n) is 6.83. The maximum atomic E-state index is 13.0. The Labute approximate surface area is 252 Å². The molecule has 1 aliphatic heterocycles. The van der Waals surface area contributed by atoms with E-state index in [1.807, 2.05) is 81.4 Å². The van der Waals surface area contributed by atoms with E-state index in [2.05, 4.69) is 5.32 Å². The predicted molar refractivity (Wildman–Crippen MR) is 163 cm³/mol. The van der Waals surface area contributed by atoms with Crippen LogP contribution in [0.1, 0.15) is 56.4 Å². The molecular weight excluding hydrogens is 548 g/mol. The maximum absolute atomic E-state index is 13.0. The molecule has 4 N–H and O–H groups in total. The Morgan fingerprint density at radius 3 is 2.14 bits per heavy atom. The fourth-order valence-corrected chi connectivity index (χ4v) is 4.70. The summed E-state index contributed by atoms with van der Waals surface area (Å²) in [6.45, 7) is 6.46. The number of hydrogen-bond acceptors (Lipinski definition) is 8. The Kier molecular flexibility index (Phi) is 10.7. The minimum Gasteiger partial charge on any atom is -0.490 e. The van der Waals surface area contributed by atoms with Gasteiger partial charge in [-0.3, -0.25) is 10.2 Å². The molecule has 0 unspecified atom stereocenters. The van der Waals surface area contributed by atoms with Crippen LogP contribution in [0.25, 0.3) is 0 Å². The minimum atomic E-state index is -1.16. The van der Waals surface area contributed by atoms with Crippen LogP contribution in [-0.2, 0) is 19.1 Å². The van der Waals surface area contributed by atoms with Crippen molar-refractivity contribution in [1.29, 1.82) is 5.41 Å². The summed E-state index contributed by atoms with van der Waals surface area (Å²) in [5.41, 5.74) is 1.73. The van der Waals surface area contributed by atoms with Gasteiger partial charge in [0.2, 0.25) is 6.10 Å². The highest BCUT2D eigenvalue weighted by atomic mass is 16.7. The largest absolute Gasteiger partial charge is 0.490 e. The van der Waals surface area contributed by atoms with Gasteiger partial charge in [0.15, 0.2) is 6.10 Å². The zero-order chi connectivity index (χ0) is 30.8. The molecule has 0 spiro atoms. The van der Waals surface area contributed by atoms with Crippen molar-refractivity contribution in [2.24, 2.45) is 5.90 Å². The van der Waals surface area contributed by atoms with E-state index < -0.39 is 23.8 Å². The number of ether oxygens (including phenoxy) is 3. The number of nitrogens with two attached hydrogens (primary N) is 1. The number of benzene rings is 3. The first-order chi connectivity index (χ1) is 20.6. The topological polar surface area (TPSA) is 136 Å². The van der Waals surface area contributed by atoms with Crippen LogP contribution in [0.2, 0.25) is 0 Å². The summed E-state index contributed by atoms with van der Waals surface area (Å²) in [6, 6.07) is 25.7. The Hall–Kier alpha value is -4.41. The molecule has 0 bridgehead atoms. The zero-order valence-electron chi connectivity index (χ0n) is 24.8. The van der Waals surface area contributed by atoms with E-state index in [4.69, 9.17) is 30.4 Å². The highest BCUT2D eigenvalue weighted by Gasteiger charge is 2.29. The maximum Gasteiger partial charge on any atom is 0.410 e. The van der Waals surface area contributed by atoms with Crippen LogP contribution in [0, 0.1) is 5.41 Å². The SMILES string of the molecule is CC(C)(C)OC(=O)N1CCC[C@@H](NC(=N)c2ccc(OC[C@H](ON)C(=O)OC(c3ccccc3)c3ccccc3)cc2)C1. The van der Waals surface area contributed by atoms with Crippen molar-refractivity contribution in [3.63, 3.8) is 0 Å². The molecule has 3 aromatic rings. The molecule has 1 saturated heterocycles. The summed E-state index contributed by atoms with van der Waals surface area (Å²) in [4.78, 5) is 32.1. The lowest BCUT2D eigenvalue weighted by Gasteiger charge is -2.34. The second kappa shape index (κ2) is 14.7. The molecule has 43 heavy (non-hydrogen) atoms. The monoisotopic (exact) mass is 588 g/mol. The zero-order valence-corrected chi connectivity index (χ0v) is 24.8. The van der Waals surface area contributed by atoms with Gasteiger partial charge in [0.25, 0.3) is 0 Å². The molecule has 0 saturated carbocycles. The standard InChI is InChI=1S/C33H40N4O6/c1-33(2,3)42-32(39)37-20-10-15-26(21-37)36-30(34)25-16-18-27(19-17-25)40-22-28(43-35)31(38)41-29(23-11-6-4-7-12-23)24-13-8-5-9-14-24/h4-9,11-14,16-19,26,28-29H,10,15,20-22,35H2,1-3H3,(H2,34,36)/t26-,28+/m1/s1. The van der Waals surface area contributed by atoms with Crippen LogP contribution in [0.4, 0.5) is 4.79 Å². The summed E-state index contributed by atoms with van der Waals surface area (Å²) in [5.74, 6) is 5.51. The molecule has 10 nitrogen and oxygen atoms in total. The van der Waals surface area contributed by atoms with E-state index in [-0.39, 0.29) is 24.6 Å². The number of nitrogens with one attached hydrogen (secondary N) is 2. The van der Waals surface area contributed by atoms with E-state index in [0.29, 0.717) is 24.4 Å². The van der Waals surface area contributed by atoms with Crippen molar-refractivity contribution in [1.82, 2.24) is 10.2 Å². The number of piperidine rings is 1. The third-order valence-corrected chi connectivity index (χ3v) is 6.83. The molecule has 0 aliphatic carbocycles. The molecule has 1 heterocycles. The van der Waals surface area contributed by atoms with Gasteiger partial charge in [0.1, 0.15) is 23.8 Å². The first kappa shape index (κ1) is 31.5.